The van der Waals surface area contributed by atoms with Crippen molar-refractivity contribution in [1.82, 2.24) is 19.8 Å². The first-order valence-corrected chi connectivity index (χ1v) is 9.39. The van der Waals surface area contributed by atoms with Crippen LogP contribution in [0.2, 0.25) is 0 Å². The molecule has 150 valence electrons. The zero-order valence-corrected chi connectivity index (χ0v) is 15.2. The van der Waals surface area contributed by atoms with Crippen molar-refractivity contribution in [3.63, 3.8) is 0 Å². The Balaban J connectivity index is 1.96. The minimum atomic E-state index is -4.54. The van der Waals surface area contributed by atoms with E-state index in [1.54, 1.807) is 4.90 Å². The van der Waals surface area contributed by atoms with Gasteiger partial charge in [0, 0.05) is 33.2 Å². The highest BCUT2D eigenvalue weighted by Gasteiger charge is 2.32. The van der Waals surface area contributed by atoms with Crippen molar-refractivity contribution in [2.24, 2.45) is 0 Å². The highest BCUT2D eigenvalue weighted by molar-refractivity contribution is 7.89. The summed E-state index contributed by atoms with van der Waals surface area (Å²) in [6.07, 6.45) is -4.54. The molecule has 1 saturated heterocycles. The van der Waals surface area contributed by atoms with Crippen LogP contribution in [0.1, 0.15) is 5.56 Å². The summed E-state index contributed by atoms with van der Waals surface area (Å²) in [4.78, 5) is 24.2. The third-order valence-electron chi connectivity index (χ3n) is 4.00. The molecule has 1 heterocycles. The number of urea groups is 1. The zero-order valence-electron chi connectivity index (χ0n) is 14.4. The lowest BCUT2D eigenvalue weighted by Gasteiger charge is -2.33. The van der Waals surface area contributed by atoms with Gasteiger partial charge in [0.05, 0.1) is 17.0 Å². The number of alkyl halides is 3. The quantitative estimate of drug-likeness (QED) is 0.755. The molecule has 27 heavy (non-hydrogen) atoms. The minimum Gasteiger partial charge on any atom is -0.341 e. The lowest BCUT2D eigenvalue weighted by Crippen LogP contribution is -2.52. The number of hydrogen-bond donors (Lipinski definition) is 2. The maximum atomic E-state index is 12.6. The fourth-order valence-corrected chi connectivity index (χ4v) is 3.95. The molecule has 0 atom stereocenters. The van der Waals surface area contributed by atoms with Gasteiger partial charge in [-0.1, -0.05) is 0 Å². The van der Waals surface area contributed by atoms with Gasteiger partial charge in [-0.2, -0.15) is 17.5 Å². The number of halogens is 3. The average Bonchev–Trinajstić information content (AvgIpc) is 2.61. The molecule has 0 spiro atoms. The molecule has 0 aliphatic carbocycles. The van der Waals surface area contributed by atoms with E-state index in [2.05, 4.69) is 10.6 Å². The molecule has 1 aliphatic heterocycles. The Hall–Kier alpha value is -2.18. The third-order valence-corrected chi connectivity index (χ3v) is 5.91. The Morgan fingerprint density at radius 2 is 1.63 bits per heavy atom. The number of nitrogens with one attached hydrogen (secondary N) is 2. The largest absolute Gasteiger partial charge is 0.416 e. The van der Waals surface area contributed by atoms with Crippen molar-refractivity contribution >= 4 is 22.0 Å². The number of sulfonamides is 1. The van der Waals surface area contributed by atoms with Gasteiger partial charge in [-0.25, -0.2) is 13.2 Å². The van der Waals surface area contributed by atoms with E-state index in [4.69, 9.17) is 0 Å². The smallest absolute Gasteiger partial charge is 0.341 e. The molecule has 2 N–H and O–H groups in total. The second-order valence-corrected chi connectivity index (χ2v) is 7.77. The summed E-state index contributed by atoms with van der Waals surface area (Å²) < 4.78 is 64.1. The van der Waals surface area contributed by atoms with Crippen molar-refractivity contribution in [3.8, 4) is 0 Å². The predicted octanol–water partition coefficient (Wildman–Crippen LogP) is 0.467. The van der Waals surface area contributed by atoms with Crippen molar-refractivity contribution in [3.05, 3.63) is 29.8 Å². The summed E-state index contributed by atoms with van der Waals surface area (Å²) in [5.74, 6) is -0.520. The summed E-state index contributed by atoms with van der Waals surface area (Å²) in [7, 11) is -2.56. The van der Waals surface area contributed by atoms with Gasteiger partial charge in [0.15, 0.2) is 0 Å². The molecule has 12 heteroatoms. The maximum absolute atomic E-state index is 12.6. The number of benzene rings is 1. The summed E-state index contributed by atoms with van der Waals surface area (Å²) in [6, 6.07) is 2.68. The molecule has 1 aliphatic rings. The van der Waals surface area contributed by atoms with Gasteiger partial charge < -0.3 is 5.32 Å². The first-order chi connectivity index (χ1) is 12.5. The number of carbonyl (C=O) groups is 2. The Morgan fingerprint density at radius 1 is 1.07 bits per heavy atom. The molecule has 1 aromatic rings. The molecule has 3 amide bonds. The van der Waals surface area contributed by atoms with Crippen LogP contribution in [0.15, 0.2) is 29.2 Å². The van der Waals surface area contributed by atoms with Gasteiger partial charge in [0.1, 0.15) is 0 Å². The molecule has 0 saturated carbocycles. The SMILES string of the molecule is CNC(=O)NC(=O)CN1CCN(S(=O)(=O)c2ccc(C(F)(F)F)cc2)CC1. The Morgan fingerprint density at radius 3 is 2.11 bits per heavy atom. The van der Waals surface area contributed by atoms with Crippen LogP contribution in [-0.4, -0.2) is 69.3 Å². The van der Waals surface area contributed by atoms with Crippen LogP contribution in [0.4, 0.5) is 18.0 Å². The zero-order chi connectivity index (χ0) is 20.2. The lowest BCUT2D eigenvalue weighted by atomic mass is 10.2. The first kappa shape index (κ1) is 21.1. The van der Waals surface area contributed by atoms with Crippen LogP contribution >= 0.6 is 0 Å². The van der Waals surface area contributed by atoms with Crippen LogP contribution in [0.5, 0.6) is 0 Å². The summed E-state index contributed by atoms with van der Waals surface area (Å²) >= 11 is 0. The highest BCUT2D eigenvalue weighted by Crippen LogP contribution is 2.30. The molecule has 0 aromatic heterocycles. The summed E-state index contributed by atoms with van der Waals surface area (Å²) in [5, 5.41) is 4.35. The fraction of sp³-hybridized carbons (Fsp3) is 0.467. The van der Waals surface area contributed by atoms with Crippen molar-refractivity contribution in [2.75, 3.05) is 39.8 Å². The number of nitrogens with zero attached hydrogens (tertiary/aromatic N) is 2. The van der Waals surface area contributed by atoms with E-state index >= 15 is 0 Å². The van der Waals surface area contributed by atoms with Crippen LogP contribution in [0.3, 0.4) is 0 Å². The third kappa shape index (κ3) is 5.40. The van der Waals surface area contributed by atoms with Gasteiger partial charge in [0.2, 0.25) is 15.9 Å². The lowest BCUT2D eigenvalue weighted by molar-refractivity contribution is -0.137. The summed E-state index contributed by atoms with van der Waals surface area (Å²) in [5.41, 5.74) is -0.923. The number of hydrogen-bond acceptors (Lipinski definition) is 5. The van der Waals surface area contributed by atoms with Crippen LogP contribution in [0.25, 0.3) is 0 Å². The van der Waals surface area contributed by atoms with Crippen LogP contribution < -0.4 is 10.6 Å². The number of amides is 3. The summed E-state index contributed by atoms with van der Waals surface area (Å²) in [6.45, 7) is 0.594. The average molecular weight is 408 g/mol. The minimum absolute atomic E-state index is 0.0679. The fourth-order valence-electron chi connectivity index (χ4n) is 2.52. The number of piperazine rings is 1. The molecule has 1 fully saturated rings. The molecule has 8 nitrogen and oxygen atoms in total. The molecule has 0 unspecified atom stereocenters. The topological polar surface area (TPSA) is 98.8 Å². The molecule has 0 bridgehead atoms. The second-order valence-electron chi connectivity index (χ2n) is 5.83. The van der Waals surface area contributed by atoms with E-state index in [1.807, 2.05) is 0 Å². The van der Waals surface area contributed by atoms with Gasteiger partial charge in [-0.15, -0.1) is 0 Å². The van der Waals surface area contributed by atoms with Gasteiger partial charge >= 0.3 is 12.2 Å². The van der Waals surface area contributed by atoms with Gasteiger partial charge in [-0.3, -0.25) is 15.0 Å². The Kier molecular flexibility index (Phi) is 6.44. The number of carbonyl (C=O) groups excluding carboxylic acids is 2. The molecule has 1 aromatic carbocycles. The van der Waals surface area contributed by atoms with Crippen molar-refractivity contribution < 1.29 is 31.2 Å². The monoisotopic (exact) mass is 408 g/mol. The Labute approximate surface area is 154 Å². The normalized spacial score (nSPS) is 16.7. The number of imide groups is 1. The van der Waals surface area contributed by atoms with E-state index in [-0.39, 0.29) is 37.6 Å². The highest BCUT2D eigenvalue weighted by atomic mass is 32.2. The number of rotatable bonds is 4. The van der Waals surface area contributed by atoms with E-state index in [1.165, 1.54) is 7.05 Å². The van der Waals surface area contributed by atoms with E-state index < -0.39 is 33.7 Å². The van der Waals surface area contributed by atoms with Crippen LogP contribution in [0, 0.1) is 0 Å². The maximum Gasteiger partial charge on any atom is 0.416 e. The van der Waals surface area contributed by atoms with E-state index in [0.29, 0.717) is 0 Å². The van der Waals surface area contributed by atoms with Crippen molar-refractivity contribution in [1.29, 1.82) is 0 Å². The van der Waals surface area contributed by atoms with Crippen LogP contribution in [-0.2, 0) is 21.0 Å². The van der Waals surface area contributed by atoms with E-state index in [9.17, 15) is 31.2 Å². The first-order valence-electron chi connectivity index (χ1n) is 7.95. The van der Waals surface area contributed by atoms with E-state index in [0.717, 1.165) is 28.6 Å². The molecular weight excluding hydrogens is 389 g/mol. The molecular formula is C15H19F3N4O4S. The van der Waals surface area contributed by atoms with Gasteiger partial charge in [-0.05, 0) is 24.3 Å². The van der Waals surface area contributed by atoms with Crippen molar-refractivity contribution in [2.45, 2.75) is 11.1 Å². The predicted molar refractivity (Wildman–Crippen MR) is 89.2 cm³/mol. The molecule has 0 radical (unpaired) electrons. The standard InChI is InChI=1S/C15H19F3N4O4S/c1-19-14(24)20-13(23)10-21-6-8-22(9-7-21)27(25,26)12-4-2-11(3-5-12)15(16,17)18/h2-5H,6-10H2,1H3,(H2,19,20,23,24). The van der Waals surface area contributed by atoms with Gasteiger partial charge in [0.25, 0.3) is 0 Å². The Bertz CT molecular complexity index is 788. The second kappa shape index (κ2) is 8.23. The molecule has 2 rings (SSSR count).